The second-order valence-corrected chi connectivity index (χ2v) is 6.56. The molecule has 2 nitrogen and oxygen atoms in total. The number of nitrogens with zero attached hydrogens (tertiary/aromatic N) is 1. The fraction of sp³-hybridized carbons (Fsp3) is 0.667. The van der Waals surface area contributed by atoms with Gasteiger partial charge in [-0.15, -0.1) is 0 Å². The lowest BCUT2D eigenvalue weighted by molar-refractivity contribution is 0.342. The molecule has 0 spiro atoms. The van der Waals surface area contributed by atoms with Crippen LogP contribution in [0.15, 0.2) is 16.7 Å². The van der Waals surface area contributed by atoms with Crippen molar-refractivity contribution in [2.24, 2.45) is 5.41 Å². The highest BCUT2D eigenvalue weighted by molar-refractivity contribution is 9.10. The van der Waals surface area contributed by atoms with Crippen LogP contribution in [0.5, 0.6) is 0 Å². The first-order chi connectivity index (χ1) is 8.46. The summed E-state index contributed by atoms with van der Waals surface area (Å²) in [4.78, 5) is 4.38. The fourth-order valence-electron chi connectivity index (χ4n) is 1.93. The van der Waals surface area contributed by atoms with Crippen LogP contribution in [-0.2, 0) is 0 Å². The molecule has 0 unspecified atom stereocenters. The second-order valence-electron chi connectivity index (χ2n) is 5.77. The normalized spacial score (nSPS) is 11.6. The molecule has 1 aromatic rings. The van der Waals surface area contributed by atoms with Crippen LogP contribution in [0.3, 0.4) is 0 Å². The van der Waals surface area contributed by atoms with Gasteiger partial charge in [0.1, 0.15) is 5.82 Å². The van der Waals surface area contributed by atoms with Gasteiger partial charge in [-0.2, -0.15) is 0 Å². The van der Waals surface area contributed by atoms with E-state index in [1.54, 1.807) is 0 Å². The van der Waals surface area contributed by atoms with Crippen molar-refractivity contribution >= 4 is 21.7 Å². The number of hydrogen-bond acceptors (Lipinski definition) is 2. The zero-order valence-electron chi connectivity index (χ0n) is 12.0. The predicted octanol–water partition coefficient (Wildman–Crippen LogP) is 5.17. The molecule has 1 rings (SSSR count). The molecule has 0 aliphatic carbocycles. The van der Waals surface area contributed by atoms with Gasteiger partial charge in [0.05, 0.1) is 4.47 Å². The Morgan fingerprint density at radius 2 is 2.06 bits per heavy atom. The van der Waals surface area contributed by atoms with Crippen LogP contribution in [-0.4, -0.2) is 11.5 Å². The molecule has 0 bridgehead atoms. The zero-order valence-corrected chi connectivity index (χ0v) is 13.6. The van der Waals surface area contributed by atoms with E-state index in [9.17, 15) is 0 Å². The summed E-state index contributed by atoms with van der Waals surface area (Å²) in [7, 11) is 0. The van der Waals surface area contributed by atoms with Gasteiger partial charge in [-0.3, -0.25) is 0 Å². The van der Waals surface area contributed by atoms with Gasteiger partial charge in [-0.05, 0) is 46.3 Å². The molecule has 102 valence electrons. The van der Waals surface area contributed by atoms with Gasteiger partial charge < -0.3 is 5.32 Å². The summed E-state index contributed by atoms with van der Waals surface area (Å²) in [6.45, 7) is 9.94. The van der Waals surface area contributed by atoms with Crippen LogP contribution in [0, 0.1) is 12.3 Å². The molecule has 1 aromatic heterocycles. The predicted molar refractivity (Wildman–Crippen MR) is 83.1 cm³/mol. The van der Waals surface area contributed by atoms with Gasteiger partial charge in [-0.25, -0.2) is 4.98 Å². The number of aryl methyl sites for hydroxylation is 1. The topological polar surface area (TPSA) is 24.9 Å². The van der Waals surface area contributed by atoms with Crippen LogP contribution < -0.4 is 5.32 Å². The number of aromatic nitrogens is 1. The van der Waals surface area contributed by atoms with E-state index in [0.717, 1.165) is 16.8 Å². The van der Waals surface area contributed by atoms with Gasteiger partial charge in [-0.1, -0.05) is 40.0 Å². The largest absolute Gasteiger partial charge is 0.369 e. The average molecular weight is 313 g/mol. The molecular weight excluding hydrogens is 288 g/mol. The minimum atomic E-state index is 0.319. The maximum Gasteiger partial charge on any atom is 0.140 e. The maximum absolute atomic E-state index is 4.38. The Labute approximate surface area is 120 Å². The number of pyridine rings is 1. The Bertz CT molecular complexity index is 375. The van der Waals surface area contributed by atoms with E-state index in [1.165, 1.54) is 31.2 Å². The van der Waals surface area contributed by atoms with Gasteiger partial charge in [0, 0.05) is 12.7 Å². The number of hydrogen-bond donors (Lipinski definition) is 1. The Morgan fingerprint density at radius 3 is 2.72 bits per heavy atom. The molecule has 0 aliphatic rings. The Hall–Kier alpha value is -0.570. The summed E-state index contributed by atoms with van der Waals surface area (Å²) in [6.07, 6.45) is 7.04. The molecule has 0 aromatic carbocycles. The van der Waals surface area contributed by atoms with Crippen molar-refractivity contribution in [3.05, 3.63) is 22.3 Å². The third kappa shape index (κ3) is 4.97. The molecule has 18 heavy (non-hydrogen) atoms. The van der Waals surface area contributed by atoms with Crippen molar-refractivity contribution < 1.29 is 0 Å². The fourth-order valence-corrected chi connectivity index (χ4v) is 2.30. The molecule has 0 fully saturated rings. The van der Waals surface area contributed by atoms with Crippen molar-refractivity contribution in [3.63, 3.8) is 0 Å². The molecular formula is C15H25BrN2. The SMILES string of the molecule is CCCCCC(C)(C)CNc1nccc(C)c1Br. The molecule has 0 atom stereocenters. The first-order valence-electron chi connectivity index (χ1n) is 6.81. The van der Waals surface area contributed by atoms with Crippen molar-refractivity contribution in [2.45, 2.75) is 53.4 Å². The third-order valence-corrected chi connectivity index (χ3v) is 4.27. The maximum atomic E-state index is 4.38. The Balaban J connectivity index is 2.50. The van der Waals surface area contributed by atoms with Crippen molar-refractivity contribution in [2.75, 3.05) is 11.9 Å². The third-order valence-electron chi connectivity index (χ3n) is 3.27. The summed E-state index contributed by atoms with van der Waals surface area (Å²) in [5.74, 6) is 0.957. The molecule has 0 radical (unpaired) electrons. The minimum Gasteiger partial charge on any atom is -0.369 e. The van der Waals surface area contributed by atoms with Crippen molar-refractivity contribution in [1.29, 1.82) is 0 Å². The van der Waals surface area contributed by atoms with Gasteiger partial charge in [0.2, 0.25) is 0 Å². The molecule has 0 aliphatic heterocycles. The van der Waals surface area contributed by atoms with Crippen LogP contribution in [0.2, 0.25) is 0 Å². The molecule has 0 amide bonds. The van der Waals surface area contributed by atoms with E-state index in [1.807, 2.05) is 12.3 Å². The molecule has 0 saturated heterocycles. The molecule has 1 N–H and O–H groups in total. The first kappa shape index (κ1) is 15.5. The summed E-state index contributed by atoms with van der Waals surface area (Å²) in [6, 6.07) is 2.02. The smallest absolute Gasteiger partial charge is 0.140 e. The number of rotatable bonds is 7. The van der Waals surface area contributed by atoms with Crippen LogP contribution in [0.4, 0.5) is 5.82 Å². The quantitative estimate of drug-likeness (QED) is 0.702. The van der Waals surface area contributed by atoms with Gasteiger partial charge in [0.15, 0.2) is 0 Å². The summed E-state index contributed by atoms with van der Waals surface area (Å²) >= 11 is 3.59. The summed E-state index contributed by atoms with van der Waals surface area (Å²) in [5.41, 5.74) is 1.54. The summed E-state index contributed by atoms with van der Waals surface area (Å²) < 4.78 is 1.08. The Kier molecular flexibility index (Phi) is 6.13. The Morgan fingerprint density at radius 1 is 1.33 bits per heavy atom. The number of unbranched alkanes of at least 4 members (excludes halogenated alkanes) is 2. The lowest BCUT2D eigenvalue weighted by Crippen LogP contribution is -2.23. The standard InChI is InChI=1S/C15H25BrN2/c1-5-6-7-9-15(3,4)11-18-14-13(16)12(2)8-10-17-14/h8,10H,5-7,9,11H2,1-4H3,(H,17,18). The van der Waals surface area contributed by atoms with Crippen LogP contribution >= 0.6 is 15.9 Å². The lowest BCUT2D eigenvalue weighted by Gasteiger charge is -2.25. The number of anilines is 1. The molecule has 0 saturated carbocycles. The molecule has 1 heterocycles. The van der Waals surface area contributed by atoms with Crippen LogP contribution in [0.1, 0.15) is 52.0 Å². The van der Waals surface area contributed by atoms with Crippen molar-refractivity contribution in [3.8, 4) is 0 Å². The van der Waals surface area contributed by atoms with Crippen molar-refractivity contribution in [1.82, 2.24) is 4.98 Å². The van der Waals surface area contributed by atoms with E-state index in [4.69, 9.17) is 0 Å². The molecule has 3 heteroatoms. The highest BCUT2D eigenvalue weighted by Crippen LogP contribution is 2.27. The van der Waals surface area contributed by atoms with Gasteiger partial charge >= 0.3 is 0 Å². The number of halogens is 1. The van der Waals surface area contributed by atoms with E-state index in [0.29, 0.717) is 5.41 Å². The minimum absolute atomic E-state index is 0.319. The first-order valence-corrected chi connectivity index (χ1v) is 7.60. The second kappa shape index (κ2) is 7.13. The van der Waals surface area contributed by atoms with Crippen LogP contribution in [0.25, 0.3) is 0 Å². The number of nitrogens with one attached hydrogen (secondary N) is 1. The highest BCUT2D eigenvalue weighted by atomic mass is 79.9. The van der Waals surface area contributed by atoms with E-state index in [-0.39, 0.29) is 0 Å². The summed E-state index contributed by atoms with van der Waals surface area (Å²) in [5, 5.41) is 3.46. The van der Waals surface area contributed by atoms with Gasteiger partial charge in [0.25, 0.3) is 0 Å². The average Bonchev–Trinajstić information content (AvgIpc) is 2.31. The highest BCUT2D eigenvalue weighted by Gasteiger charge is 2.17. The lowest BCUT2D eigenvalue weighted by atomic mass is 9.87. The van der Waals surface area contributed by atoms with E-state index >= 15 is 0 Å². The van der Waals surface area contributed by atoms with E-state index in [2.05, 4.69) is 53.9 Å². The zero-order chi connectivity index (χ0) is 13.6. The monoisotopic (exact) mass is 312 g/mol. The van der Waals surface area contributed by atoms with E-state index < -0.39 is 0 Å².